The number of halogens is 3. The van der Waals surface area contributed by atoms with E-state index in [9.17, 15) is 17.6 Å². The van der Waals surface area contributed by atoms with Gasteiger partial charge in [-0.3, -0.25) is 14.1 Å². The molecule has 0 aliphatic carbocycles. The van der Waals surface area contributed by atoms with Gasteiger partial charge in [-0.25, -0.2) is 27.2 Å². The summed E-state index contributed by atoms with van der Waals surface area (Å²) in [6, 6.07) is 8.88. The van der Waals surface area contributed by atoms with Crippen LogP contribution in [-0.4, -0.2) is 53.2 Å². The number of rotatable bonds is 7. The summed E-state index contributed by atoms with van der Waals surface area (Å²) >= 11 is 6.00. The Morgan fingerprint density at radius 2 is 1.93 bits per heavy atom. The number of alkyl halides is 1. The van der Waals surface area contributed by atoms with Crippen molar-refractivity contribution in [2.45, 2.75) is 43.4 Å². The van der Waals surface area contributed by atoms with Crippen LogP contribution in [0.1, 0.15) is 26.3 Å². The highest BCUT2D eigenvalue weighted by molar-refractivity contribution is 7.92. The summed E-state index contributed by atoms with van der Waals surface area (Å²) in [5.74, 6) is -0.675. The van der Waals surface area contributed by atoms with Crippen molar-refractivity contribution in [2.24, 2.45) is 0 Å². The standard InChI is InChI=1S/C26H26ClF2N7O3S/c1-14(2)36-24-21(13-31-26(34-24)32-17-10-16(28)11-30-12-17)33-23(25(36)37)15-7-8-20(19(29)9-15)35-40(38,39)22-6-4-3-5-18(22)27/h3-9,13-14,16-17,30,35H,10-12H2,1-2H3,(H,31,32,34)/t16-,17-/m0/s1. The normalized spacial score (nSPS) is 17.8. The molecule has 1 fully saturated rings. The summed E-state index contributed by atoms with van der Waals surface area (Å²) in [6.07, 6.45) is 0.764. The summed E-state index contributed by atoms with van der Waals surface area (Å²) in [4.78, 5) is 26.5. The lowest BCUT2D eigenvalue weighted by Crippen LogP contribution is -2.44. The first-order valence-electron chi connectivity index (χ1n) is 12.5. The van der Waals surface area contributed by atoms with E-state index >= 15 is 4.39 Å². The third kappa shape index (κ3) is 5.62. The molecule has 4 aromatic rings. The second-order valence-corrected chi connectivity index (χ2v) is 11.8. The van der Waals surface area contributed by atoms with Gasteiger partial charge in [0.2, 0.25) is 5.95 Å². The Kier molecular flexibility index (Phi) is 7.71. The molecule has 5 rings (SSSR count). The first kappa shape index (κ1) is 27.9. The molecule has 14 heteroatoms. The van der Waals surface area contributed by atoms with Gasteiger partial charge in [0.05, 0.1) is 16.9 Å². The van der Waals surface area contributed by atoms with E-state index in [1.807, 2.05) is 0 Å². The molecule has 0 saturated carbocycles. The Hall–Kier alpha value is -3.68. The maximum absolute atomic E-state index is 15.1. The molecule has 0 unspecified atom stereocenters. The number of fused-ring (bicyclic) bond motifs is 1. The third-order valence-electron chi connectivity index (χ3n) is 6.39. The van der Waals surface area contributed by atoms with Crippen molar-refractivity contribution >= 4 is 44.4 Å². The second kappa shape index (κ2) is 11.1. The Morgan fingerprint density at radius 3 is 2.62 bits per heavy atom. The van der Waals surface area contributed by atoms with Crippen LogP contribution in [0.5, 0.6) is 0 Å². The van der Waals surface area contributed by atoms with Crippen LogP contribution in [0.3, 0.4) is 0 Å². The van der Waals surface area contributed by atoms with Crippen molar-refractivity contribution in [2.75, 3.05) is 23.1 Å². The zero-order valence-electron chi connectivity index (χ0n) is 21.5. The van der Waals surface area contributed by atoms with E-state index in [4.69, 9.17) is 11.6 Å². The monoisotopic (exact) mass is 589 g/mol. The average Bonchev–Trinajstić information content (AvgIpc) is 2.89. The number of sulfonamides is 1. The Balaban J connectivity index is 1.49. The van der Waals surface area contributed by atoms with E-state index < -0.39 is 27.6 Å². The van der Waals surface area contributed by atoms with Gasteiger partial charge in [0, 0.05) is 37.2 Å². The molecule has 2 aromatic carbocycles. The lowest BCUT2D eigenvalue weighted by Gasteiger charge is -2.26. The van der Waals surface area contributed by atoms with Crippen molar-refractivity contribution in [1.82, 2.24) is 24.8 Å². The number of nitrogens with zero attached hydrogens (tertiary/aromatic N) is 4. The highest BCUT2D eigenvalue weighted by Gasteiger charge is 2.24. The van der Waals surface area contributed by atoms with Gasteiger partial charge >= 0.3 is 0 Å². The number of benzene rings is 2. The Labute approximate surface area is 233 Å². The van der Waals surface area contributed by atoms with Crippen LogP contribution in [0.15, 0.2) is 58.4 Å². The van der Waals surface area contributed by atoms with Crippen molar-refractivity contribution < 1.29 is 17.2 Å². The van der Waals surface area contributed by atoms with E-state index in [0.29, 0.717) is 25.0 Å². The van der Waals surface area contributed by atoms with Gasteiger partial charge in [-0.05, 0) is 38.1 Å². The van der Waals surface area contributed by atoms with Crippen LogP contribution in [0.2, 0.25) is 5.02 Å². The molecule has 0 radical (unpaired) electrons. The van der Waals surface area contributed by atoms with Crippen molar-refractivity contribution in [3.05, 3.63) is 69.9 Å². The van der Waals surface area contributed by atoms with E-state index in [2.05, 4.69) is 30.3 Å². The average molecular weight is 590 g/mol. The molecule has 1 aliphatic heterocycles. The van der Waals surface area contributed by atoms with Gasteiger partial charge in [-0.2, -0.15) is 4.98 Å². The fourth-order valence-electron chi connectivity index (χ4n) is 4.53. The molecule has 0 bridgehead atoms. The fraction of sp³-hybridized carbons (Fsp3) is 0.308. The quantitative estimate of drug-likeness (QED) is 0.293. The largest absolute Gasteiger partial charge is 0.350 e. The smallest absolute Gasteiger partial charge is 0.278 e. The highest BCUT2D eigenvalue weighted by Crippen LogP contribution is 2.27. The van der Waals surface area contributed by atoms with Gasteiger partial charge in [0.15, 0.2) is 5.65 Å². The minimum absolute atomic E-state index is 0.00998. The Bertz CT molecular complexity index is 1750. The Morgan fingerprint density at radius 1 is 1.15 bits per heavy atom. The van der Waals surface area contributed by atoms with Gasteiger partial charge < -0.3 is 10.6 Å². The molecule has 0 spiro atoms. The van der Waals surface area contributed by atoms with E-state index in [1.165, 1.54) is 41.1 Å². The molecule has 3 N–H and O–H groups in total. The zero-order chi connectivity index (χ0) is 28.6. The van der Waals surface area contributed by atoms with E-state index in [1.54, 1.807) is 19.9 Å². The molecule has 10 nitrogen and oxygen atoms in total. The maximum Gasteiger partial charge on any atom is 0.278 e. The van der Waals surface area contributed by atoms with Crippen molar-refractivity contribution in [3.63, 3.8) is 0 Å². The highest BCUT2D eigenvalue weighted by atomic mass is 35.5. The third-order valence-corrected chi connectivity index (χ3v) is 8.26. The first-order chi connectivity index (χ1) is 19.0. The molecule has 1 saturated heterocycles. The van der Waals surface area contributed by atoms with E-state index in [0.717, 1.165) is 6.07 Å². The fourth-order valence-corrected chi connectivity index (χ4v) is 6.12. The maximum atomic E-state index is 15.1. The summed E-state index contributed by atoms with van der Waals surface area (Å²) in [5.41, 5.74) is -0.181. The minimum atomic E-state index is -4.17. The van der Waals surface area contributed by atoms with Crippen LogP contribution in [0, 0.1) is 5.82 Å². The summed E-state index contributed by atoms with van der Waals surface area (Å²) in [7, 11) is -4.17. The van der Waals surface area contributed by atoms with Gasteiger partial charge in [-0.15, -0.1) is 0 Å². The lowest BCUT2D eigenvalue weighted by atomic mass is 10.1. The molecule has 40 heavy (non-hydrogen) atoms. The number of hydrogen-bond acceptors (Lipinski definition) is 8. The number of nitrogens with one attached hydrogen (secondary N) is 3. The molecule has 210 valence electrons. The van der Waals surface area contributed by atoms with Crippen LogP contribution >= 0.6 is 11.6 Å². The summed E-state index contributed by atoms with van der Waals surface area (Å²) in [6.45, 7) is 4.44. The van der Waals surface area contributed by atoms with Crippen molar-refractivity contribution in [3.8, 4) is 11.3 Å². The first-order valence-corrected chi connectivity index (χ1v) is 14.4. The summed E-state index contributed by atoms with van der Waals surface area (Å²) < 4.78 is 58.0. The number of piperidine rings is 1. The molecule has 0 amide bonds. The molecule has 2 aromatic heterocycles. The predicted molar refractivity (Wildman–Crippen MR) is 149 cm³/mol. The molecule has 1 aliphatic rings. The van der Waals surface area contributed by atoms with Crippen LogP contribution in [0.25, 0.3) is 22.4 Å². The molecule has 3 heterocycles. The predicted octanol–water partition coefficient (Wildman–Crippen LogP) is 4.14. The minimum Gasteiger partial charge on any atom is -0.350 e. The summed E-state index contributed by atoms with van der Waals surface area (Å²) in [5, 5.41) is 6.09. The lowest BCUT2D eigenvalue weighted by molar-refractivity contribution is 0.254. The topological polar surface area (TPSA) is 131 Å². The molecular formula is C26H26ClF2N7O3S. The number of anilines is 2. The van der Waals surface area contributed by atoms with Gasteiger partial charge in [-0.1, -0.05) is 29.8 Å². The van der Waals surface area contributed by atoms with Crippen LogP contribution < -0.4 is 20.9 Å². The number of aromatic nitrogens is 4. The SMILES string of the molecule is CC(C)n1c(=O)c(-c2ccc(NS(=O)(=O)c3ccccc3Cl)c(F)c2)nc2cnc(N[C@@H]3CNC[C@@H](F)C3)nc21. The van der Waals surface area contributed by atoms with Gasteiger partial charge in [0.25, 0.3) is 15.6 Å². The van der Waals surface area contributed by atoms with Crippen molar-refractivity contribution in [1.29, 1.82) is 0 Å². The molecule has 2 atom stereocenters. The van der Waals surface area contributed by atoms with Crippen LogP contribution in [-0.2, 0) is 10.0 Å². The number of hydrogen-bond donors (Lipinski definition) is 3. The van der Waals surface area contributed by atoms with E-state index in [-0.39, 0.29) is 50.5 Å². The molecular weight excluding hydrogens is 564 g/mol. The van der Waals surface area contributed by atoms with Crippen LogP contribution in [0.4, 0.5) is 20.4 Å². The van der Waals surface area contributed by atoms with Gasteiger partial charge in [0.1, 0.15) is 28.1 Å². The zero-order valence-corrected chi connectivity index (χ0v) is 23.1. The second-order valence-electron chi connectivity index (χ2n) is 9.69.